The quantitative estimate of drug-likeness (QED) is 0.634. The lowest BCUT2D eigenvalue weighted by molar-refractivity contribution is -0.123. The van der Waals surface area contributed by atoms with Crippen LogP contribution in [0, 0.1) is 0 Å². The summed E-state index contributed by atoms with van der Waals surface area (Å²) in [6.07, 6.45) is 0.858. The minimum absolute atomic E-state index is 0.121. The number of rotatable bonds is 9. The van der Waals surface area contributed by atoms with Gasteiger partial charge in [0.05, 0.1) is 19.7 Å². The molecule has 7 nitrogen and oxygen atoms in total. The fourth-order valence-electron chi connectivity index (χ4n) is 2.14. The van der Waals surface area contributed by atoms with Gasteiger partial charge in [0.25, 0.3) is 0 Å². The standard InChI is InChI=1S/C19H23N3O4/c1-25-11-10-14-2-6-16(7-3-14)26-17-8-4-15(5-9-17)22-19(24)13-21-18(23)12-20/h2-9H,10-13,20H2,1H3,(H,21,23)(H,22,24). The number of carbonyl (C=O) groups is 2. The Morgan fingerprint density at radius 2 is 1.58 bits per heavy atom. The summed E-state index contributed by atoms with van der Waals surface area (Å²) < 4.78 is 10.8. The van der Waals surface area contributed by atoms with Crippen LogP contribution in [0.15, 0.2) is 48.5 Å². The molecule has 0 bridgehead atoms. The Balaban J connectivity index is 1.85. The molecule has 0 aliphatic rings. The highest BCUT2D eigenvalue weighted by atomic mass is 16.5. The average Bonchev–Trinajstić information content (AvgIpc) is 2.67. The molecule has 138 valence electrons. The van der Waals surface area contributed by atoms with E-state index in [1.807, 2.05) is 24.3 Å². The van der Waals surface area contributed by atoms with Crippen LogP contribution in [0.25, 0.3) is 0 Å². The highest BCUT2D eigenvalue weighted by molar-refractivity contribution is 5.94. The normalized spacial score (nSPS) is 10.2. The third kappa shape index (κ3) is 6.54. The number of methoxy groups -OCH3 is 1. The third-order valence-electron chi connectivity index (χ3n) is 3.52. The van der Waals surface area contributed by atoms with E-state index in [-0.39, 0.29) is 24.9 Å². The monoisotopic (exact) mass is 357 g/mol. The van der Waals surface area contributed by atoms with Gasteiger partial charge in [0.2, 0.25) is 11.8 Å². The number of ether oxygens (including phenoxy) is 2. The molecule has 0 saturated carbocycles. The fraction of sp³-hybridized carbons (Fsp3) is 0.263. The van der Waals surface area contributed by atoms with Gasteiger partial charge in [-0.1, -0.05) is 12.1 Å². The lowest BCUT2D eigenvalue weighted by atomic mass is 10.1. The summed E-state index contributed by atoms with van der Waals surface area (Å²) >= 11 is 0. The van der Waals surface area contributed by atoms with Crippen molar-refractivity contribution in [3.8, 4) is 11.5 Å². The first-order chi connectivity index (χ1) is 12.6. The maximum absolute atomic E-state index is 11.7. The molecule has 0 fully saturated rings. The van der Waals surface area contributed by atoms with Crippen LogP contribution >= 0.6 is 0 Å². The molecule has 26 heavy (non-hydrogen) atoms. The summed E-state index contributed by atoms with van der Waals surface area (Å²) in [4.78, 5) is 22.7. The number of benzene rings is 2. The molecule has 0 aromatic heterocycles. The lowest BCUT2D eigenvalue weighted by Crippen LogP contribution is -2.36. The molecular formula is C19H23N3O4. The average molecular weight is 357 g/mol. The van der Waals surface area contributed by atoms with E-state index in [1.165, 1.54) is 5.56 Å². The Morgan fingerprint density at radius 1 is 0.962 bits per heavy atom. The van der Waals surface area contributed by atoms with Gasteiger partial charge >= 0.3 is 0 Å². The smallest absolute Gasteiger partial charge is 0.243 e. The van der Waals surface area contributed by atoms with Gasteiger partial charge in [0.15, 0.2) is 0 Å². The second kappa shape index (κ2) is 10.2. The predicted molar refractivity (Wildman–Crippen MR) is 99.2 cm³/mol. The summed E-state index contributed by atoms with van der Waals surface area (Å²) in [7, 11) is 1.68. The van der Waals surface area contributed by atoms with E-state index < -0.39 is 0 Å². The zero-order valence-corrected chi connectivity index (χ0v) is 14.7. The van der Waals surface area contributed by atoms with E-state index in [9.17, 15) is 9.59 Å². The minimum Gasteiger partial charge on any atom is -0.457 e. The summed E-state index contributed by atoms with van der Waals surface area (Å²) in [5.74, 6) is 0.681. The van der Waals surface area contributed by atoms with E-state index in [1.54, 1.807) is 31.4 Å². The number of hydrogen-bond donors (Lipinski definition) is 3. The fourth-order valence-corrected chi connectivity index (χ4v) is 2.14. The summed E-state index contributed by atoms with van der Waals surface area (Å²) in [5.41, 5.74) is 6.95. The number of hydrogen-bond acceptors (Lipinski definition) is 5. The number of nitrogens with two attached hydrogens (primary N) is 1. The van der Waals surface area contributed by atoms with E-state index in [2.05, 4.69) is 10.6 Å². The largest absolute Gasteiger partial charge is 0.457 e. The SMILES string of the molecule is COCCc1ccc(Oc2ccc(NC(=O)CNC(=O)CN)cc2)cc1. The van der Waals surface area contributed by atoms with Gasteiger partial charge in [0.1, 0.15) is 11.5 Å². The molecule has 2 rings (SSSR count). The van der Waals surface area contributed by atoms with E-state index in [0.29, 0.717) is 18.0 Å². The molecule has 0 aliphatic carbocycles. The number of anilines is 1. The van der Waals surface area contributed by atoms with Gasteiger partial charge in [-0.15, -0.1) is 0 Å². The van der Waals surface area contributed by atoms with Crippen LogP contribution in [-0.2, 0) is 20.7 Å². The van der Waals surface area contributed by atoms with Gasteiger partial charge in [-0.2, -0.15) is 0 Å². The molecule has 2 aromatic carbocycles. The molecule has 2 aromatic rings. The molecule has 0 saturated heterocycles. The molecule has 0 radical (unpaired) electrons. The highest BCUT2D eigenvalue weighted by Crippen LogP contribution is 2.23. The first-order valence-electron chi connectivity index (χ1n) is 8.23. The lowest BCUT2D eigenvalue weighted by Gasteiger charge is -2.09. The van der Waals surface area contributed by atoms with Crippen molar-refractivity contribution in [3.63, 3.8) is 0 Å². The molecule has 0 aliphatic heterocycles. The van der Waals surface area contributed by atoms with Crippen molar-refractivity contribution in [2.45, 2.75) is 6.42 Å². The Hall–Kier alpha value is -2.90. The van der Waals surface area contributed by atoms with E-state index in [4.69, 9.17) is 15.2 Å². The molecule has 0 atom stereocenters. The maximum atomic E-state index is 11.7. The third-order valence-corrected chi connectivity index (χ3v) is 3.52. The van der Waals surface area contributed by atoms with Crippen molar-refractivity contribution in [1.82, 2.24) is 5.32 Å². The Bertz CT molecular complexity index is 715. The van der Waals surface area contributed by atoms with Crippen LogP contribution in [0.3, 0.4) is 0 Å². The van der Waals surface area contributed by atoms with Crippen LogP contribution in [0.5, 0.6) is 11.5 Å². The van der Waals surface area contributed by atoms with Gasteiger partial charge in [-0.3, -0.25) is 9.59 Å². The molecule has 0 heterocycles. The zero-order valence-electron chi connectivity index (χ0n) is 14.7. The van der Waals surface area contributed by atoms with Crippen molar-refractivity contribution in [2.75, 3.05) is 32.1 Å². The van der Waals surface area contributed by atoms with Crippen molar-refractivity contribution in [2.24, 2.45) is 5.73 Å². The number of carbonyl (C=O) groups excluding carboxylic acids is 2. The van der Waals surface area contributed by atoms with Crippen molar-refractivity contribution >= 4 is 17.5 Å². The molecular weight excluding hydrogens is 334 g/mol. The summed E-state index contributed by atoms with van der Waals surface area (Å²) in [6, 6.07) is 14.8. The summed E-state index contributed by atoms with van der Waals surface area (Å²) in [5, 5.41) is 5.08. The van der Waals surface area contributed by atoms with Gasteiger partial charge in [-0.05, 0) is 48.4 Å². The Labute approximate surface area is 152 Å². The first-order valence-corrected chi connectivity index (χ1v) is 8.23. The second-order valence-corrected chi connectivity index (χ2v) is 5.54. The van der Waals surface area contributed by atoms with Crippen LogP contribution in [0.1, 0.15) is 5.56 Å². The Morgan fingerprint density at radius 3 is 2.15 bits per heavy atom. The minimum atomic E-state index is -0.378. The number of nitrogens with one attached hydrogen (secondary N) is 2. The first kappa shape index (κ1) is 19.4. The molecule has 0 unspecified atom stereocenters. The molecule has 7 heteroatoms. The van der Waals surface area contributed by atoms with Crippen LogP contribution < -0.4 is 21.1 Å². The topological polar surface area (TPSA) is 103 Å². The van der Waals surface area contributed by atoms with Gasteiger partial charge in [0, 0.05) is 12.8 Å². The van der Waals surface area contributed by atoms with E-state index in [0.717, 1.165) is 12.2 Å². The molecule has 4 N–H and O–H groups in total. The predicted octanol–water partition coefficient (Wildman–Crippen LogP) is 1.68. The van der Waals surface area contributed by atoms with E-state index >= 15 is 0 Å². The van der Waals surface area contributed by atoms with Crippen LogP contribution in [0.2, 0.25) is 0 Å². The van der Waals surface area contributed by atoms with Gasteiger partial charge in [-0.25, -0.2) is 0 Å². The zero-order chi connectivity index (χ0) is 18.8. The molecule has 2 amide bonds. The number of amides is 2. The second-order valence-electron chi connectivity index (χ2n) is 5.54. The summed E-state index contributed by atoms with van der Waals surface area (Å²) in [6.45, 7) is 0.416. The van der Waals surface area contributed by atoms with Crippen LogP contribution in [-0.4, -0.2) is 38.6 Å². The molecule has 0 spiro atoms. The maximum Gasteiger partial charge on any atom is 0.243 e. The Kier molecular flexibility index (Phi) is 7.60. The highest BCUT2D eigenvalue weighted by Gasteiger charge is 2.05. The van der Waals surface area contributed by atoms with Crippen molar-refractivity contribution < 1.29 is 19.1 Å². The van der Waals surface area contributed by atoms with Crippen molar-refractivity contribution in [3.05, 3.63) is 54.1 Å². The van der Waals surface area contributed by atoms with Crippen molar-refractivity contribution in [1.29, 1.82) is 0 Å². The van der Waals surface area contributed by atoms with Gasteiger partial charge < -0.3 is 25.8 Å². The van der Waals surface area contributed by atoms with Crippen LogP contribution in [0.4, 0.5) is 5.69 Å².